The number of thiazole rings is 2. The number of aryl methyl sites for hydroxylation is 2. The zero-order valence-electron chi connectivity index (χ0n) is 12.8. The molecule has 2 aromatic heterocycles. The maximum absolute atomic E-state index is 12.2. The minimum Gasteiger partial charge on any atom is -0.299 e. The maximum atomic E-state index is 12.2. The monoisotopic (exact) mass is 362 g/mol. The molecule has 6 heteroatoms. The first-order chi connectivity index (χ1) is 11.0. The van der Waals surface area contributed by atoms with Crippen LogP contribution in [0.25, 0.3) is 10.6 Å². The molecule has 0 saturated carbocycles. The summed E-state index contributed by atoms with van der Waals surface area (Å²) in [7, 11) is 0. The number of rotatable bonds is 5. The van der Waals surface area contributed by atoms with E-state index in [9.17, 15) is 4.79 Å². The summed E-state index contributed by atoms with van der Waals surface area (Å²) >= 11 is 9.02. The van der Waals surface area contributed by atoms with Crippen LogP contribution in [0.2, 0.25) is 5.02 Å². The number of benzene rings is 1. The second-order valence-electron chi connectivity index (χ2n) is 5.29. The lowest BCUT2D eigenvalue weighted by atomic mass is 10.1. The SMILES string of the molecule is Cc1nc(C)c(-c2csc(CC(=O)Cc3ccc(Cl)cc3)n2)s1. The predicted octanol–water partition coefficient (Wildman–Crippen LogP) is 4.89. The highest BCUT2D eigenvalue weighted by molar-refractivity contribution is 7.16. The van der Waals surface area contributed by atoms with Crippen molar-refractivity contribution < 1.29 is 4.79 Å². The van der Waals surface area contributed by atoms with E-state index in [1.54, 1.807) is 23.5 Å². The molecule has 0 aliphatic heterocycles. The molecule has 118 valence electrons. The Morgan fingerprint density at radius 2 is 1.87 bits per heavy atom. The molecule has 0 unspecified atom stereocenters. The van der Waals surface area contributed by atoms with Gasteiger partial charge in [0, 0.05) is 16.8 Å². The Morgan fingerprint density at radius 3 is 2.52 bits per heavy atom. The summed E-state index contributed by atoms with van der Waals surface area (Å²) in [5.41, 5.74) is 2.90. The Bertz CT molecular complexity index is 837. The van der Waals surface area contributed by atoms with Crippen LogP contribution in [0.3, 0.4) is 0 Å². The van der Waals surface area contributed by atoms with E-state index in [1.165, 1.54) is 11.3 Å². The number of aromatic nitrogens is 2. The fourth-order valence-electron chi connectivity index (χ4n) is 2.33. The molecule has 3 aromatic rings. The summed E-state index contributed by atoms with van der Waals surface area (Å²) in [5, 5.41) is 4.57. The number of hydrogen-bond acceptors (Lipinski definition) is 5. The van der Waals surface area contributed by atoms with Crippen LogP contribution in [-0.4, -0.2) is 15.8 Å². The van der Waals surface area contributed by atoms with E-state index in [0.29, 0.717) is 17.9 Å². The van der Waals surface area contributed by atoms with Crippen LogP contribution < -0.4 is 0 Å². The molecule has 3 rings (SSSR count). The van der Waals surface area contributed by atoms with Gasteiger partial charge in [0.2, 0.25) is 0 Å². The Balaban J connectivity index is 1.68. The van der Waals surface area contributed by atoms with Crippen molar-refractivity contribution in [3.05, 3.63) is 55.9 Å². The summed E-state index contributed by atoms with van der Waals surface area (Å²) in [4.78, 5) is 22.3. The molecule has 23 heavy (non-hydrogen) atoms. The molecule has 0 fully saturated rings. The van der Waals surface area contributed by atoms with Crippen LogP contribution in [0, 0.1) is 13.8 Å². The van der Waals surface area contributed by atoms with Gasteiger partial charge in [-0.05, 0) is 31.5 Å². The smallest absolute Gasteiger partial charge is 0.144 e. The highest BCUT2D eigenvalue weighted by atomic mass is 35.5. The summed E-state index contributed by atoms with van der Waals surface area (Å²) in [6.45, 7) is 3.98. The number of carbonyl (C=O) groups is 1. The van der Waals surface area contributed by atoms with Crippen LogP contribution in [0.4, 0.5) is 0 Å². The number of hydrogen-bond donors (Lipinski definition) is 0. The third-order valence-electron chi connectivity index (χ3n) is 3.35. The third-order valence-corrected chi connectivity index (χ3v) is 5.55. The van der Waals surface area contributed by atoms with Crippen molar-refractivity contribution in [3.63, 3.8) is 0 Å². The molecule has 0 saturated heterocycles. The maximum Gasteiger partial charge on any atom is 0.144 e. The molecule has 0 spiro atoms. The highest BCUT2D eigenvalue weighted by Crippen LogP contribution is 2.30. The highest BCUT2D eigenvalue weighted by Gasteiger charge is 2.13. The van der Waals surface area contributed by atoms with Gasteiger partial charge in [-0.2, -0.15) is 0 Å². The number of nitrogens with zero attached hydrogens (tertiary/aromatic N) is 2. The van der Waals surface area contributed by atoms with Gasteiger partial charge in [0.1, 0.15) is 10.8 Å². The van der Waals surface area contributed by atoms with Gasteiger partial charge >= 0.3 is 0 Å². The van der Waals surface area contributed by atoms with Gasteiger partial charge in [0.15, 0.2) is 0 Å². The molecular weight excluding hydrogens is 348 g/mol. The molecule has 0 bridgehead atoms. The molecular formula is C17H15ClN2OS2. The van der Waals surface area contributed by atoms with Gasteiger partial charge < -0.3 is 0 Å². The van der Waals surface area contributed by atoms with E-state index in [4.69, 9.17) is 11.6 Å². The van der Waals surface area contributed by atoms with Crippen LogP contribution >= 0.6 is 34.3 Å². The minimum absolute atomic E-state index is 0.158. The first kappa shape index (κ1) is 16.3. The molecule has 2 heterocycles. The largest absolute Gasteiger partial charge is 0.299 e. The van der Waals surface area contributed by atoms with Crippen molar-refractivity contribution in [2.75, 3.05) is 0 Å². The third kappa shape index (κ3) is 4.05. The van der Waals surface area contributed by atoms with Crippen molar-refractivity contribution in [1.82, 2.24) is 9.97 Å². The standard InChI is InChI=1S/C17H15ClN2OS2/c1-10-17(23-11(2)19-10)15-9-22-16(20-15)8-14(21)7-12-3-5-13(18)6-4-12/h3-6,9H,7-8H2,1-2H3. The lowest BCUT2D eigenvalue weighted by Gasteiger charge is -2.00. The molecule has 3 nitrogen and oxygen atoms in total. The fraction of sp³-hybridized carbons (Fsp3) is 0.235. The van der Waals surface area contributed by atoms with Crippen molar-refractivity contribution in [1.29, 1.82) is 0 Å². The first-order valence-electron chi connectivity index (χ1n) is 7.16. The molecule has 0 radical (unpaired) electrons. The summed E-state index contributed by atoms with van der Waals surface area (Å²) < 4.78 is 0. The molecule has 0 aliphatic rings. The number of ketones is 1. The van der Waals surface area contributed by atoms with Crippen molar-refractivity contribution in [3.8, 4) is 10.6 Å². The van der Waals surface area contributed by atoms with Gasteiger partial charge in [0.05, 0.1) is 27.7 Å². The van der Waals surface area contributed by atoms with Crippen molar-refractivity contribution in [2.24, 2.45) is 0 Å². The summed E-state index contributed by atoms with van der Waals surface area (Å²) in [5.74, 6) is 0.158. The number of carbonyl (C=O) groups excluding carboxylic acids is 1. The molecule has 0 atom stereocenters. The van der Waals surface area contributed by atoms with Gasteiger partial charge in [-0.1, -0.05) is 23.7 Å². The van der Waals surface area contributed by atoms with Crippen LogP contribution in [0.1, 0.15) is 21.3 Å². The van der Waals surface area contributed by atoms with E-state index in [-0.39, 0.29) is 5.78 Å². The van der Waals surface area contributed by atoms with Crippen molar-refractivity contribution in [2.45, 2.75) is 26.7 Å². The molecule has 1 aromatic carbocycles. The average Bonchev–Trinajstić information content (AvgIpc) is 3.07. The van der Waals surface area contributed by atoms with Gasteiger partial charge in [0.25, 0.3) is 0 Å². The lowest BCUT2D eigenvalue weighted by Crippen LogP contribution is -2.06. The molecule has 0 N–H and O–H groups in total. The van der Waals surface area contributed by atoms with E-state index < -0.39 is 0 Å². The zero-order valence-corrected chi connectivity index (χ0v) is 15.2. The van der Waals surface area contributed by atoms with E-state index in [1.807, 2.05) is 31.4 Å². The summed E-state index contributed by atoms with van der Waals surface area (Å²) in [6.07, 6.45) is 0.773. The quantitative estimate of drug-likeness (QED) is 0.648. The Kier molecular flexibility index (Phi) is 4.90. The average molecular weight is 363 g/mol. The van der Waals surface area contributed by atoms with Crippen LogP contribution in [-0.2, 0) is 17.6 Å². The van der Waals surface area contributed by atoms with E-state index >= 15 is 0 Å². The van der Waals surface area contributed by atoms with Gasteiger partial charge in [-0.25, -0.2) is 9.97 Å². The lowest BCUT2D eigenvalue weighted by molar-refractivity contribution is -0.117. The van der Waals surface area contributed by atoms with Gasteiger partial charge in [-0.15, -0.1) is 22.7 Å². The predicted molar refractivity (Wildman–Crippen MR) is 96.6 cm³/mol. The minimum atomic E-state index is 0.158. The molecule has 0 amide bonds. The second-order valence-corrected chi connectivity index (χ2v) is 7.87. The Labute approximate surface area is 148 Å². The van der Waals surface area contributed by atoms with E-state index in [0.717, 1.165) is 31.8 Å². The topological polar surface area (TPSA) is 42.9 Å². The normalized spacial score (nSPS) is 10.9. The fourth-order valence-corrected chi connectivity index (χ4v) is 4.22. The van der Waals surface area contributed by atoms with Gasteiger partial charge in [-0.3, -0.25) is 4.79 Å². The second kappa shape index (κ2) is 6.91. The zero-order chi connectivity index (χ0) is 16.4. The Hall–Kier alpha value is -1.56. The van der Waals surface area contributed by atoms with E-state index in [2.05, 4.69) is 9.97 Å². The number of halogens is 1. The van der Waals surface area contributed by atoms with Crippen LogP contribution in [0.5, 0.6) is 0 Å². The van der Waals surface area contributed by atoms with Crippen molar-refractivity contribution >= 4 is 40.1 Å². The van der Waals surface area contributed by atoms with Crippen LogP contribution in [0.15, 0.2) is 29.6 Å². The summed E-state index contributed by atoms with van der Waals surface area (Å²) in [6, 6.07) is 7.38. The molecule has 0 aliphatic carbocycles. The Morgan fingerprint density at radius 1 is 1.13 bits per heavy atom. The first-order valence-corrected chi connectivity index (χ1v) is 9.23. The number of Topliss-reactive ketones (excluding diaryl/α,β-unsaturated/α-hetero) is 1.